The Labute approximate surface area is 152 Å². The summed E-state index contributed by atoms with van der Waals surface area (Å²) in [7, 11) is 1.53. The average molecular weight is 369 g/mol. The molecule has 0 atom stereocenters. The number of nitrogens with one attached hydrogen (secondary N) is 1. The Morgan fingerprint density at radius 2 is 2.00 bits per heavy atom. The first-order valence-corrected chi connectivity index (χ1v) is 8.07. The Balaban J connectivity index is 2.00. The summed E-state index contributed by atoms with van der Waals surface area (Å²) in [5.41, 5.74) is 1.51. The maximum Gasteiger partial charge on any atom is 0.332 e. The van der Waals surface area contributed by atoms with E-state index < -0.39 is 0 Å². The minimum absolute atomic E-state index is 0.0657. The fourth-order valence-corrected chi connectivity index (χ4v) is 2.97. The zero-order valence-electron chi connectivity index (χ0n) is 13.6. The lowest BCUT2D eigenvalue weighted by Gasteiger charge is -2.09. The van der Waals surface area contributed by atoms with E-state index in [4.69, 9.17) is 16.3 Å². The number of aromatic nitrogens is 4. The lowest BCUT2D eigenvalue weighted by atomic mass is 10.2. The number of hydrogen-bond donors (Lipinski definition) is 2. The van der Waals surface area contributed by atoms with Gasteiger partial charge in [-0.25, -0.2) is 19.3 Å². The normalized spacial score (nSPS) is 11.0. The number of nitrogens with zero attached hydrogens (tertiary/aromatic N) is 3. The Kier molecular flexibility index (Phi) is 3.85. The minimum atomic E-state index is -0.363. The smallest absolute Gasteiger partial charge is 0.332 e. The van der Waals surface area contributed by atoms with Gasteiger partial charge in [-0.05, 0) is 24.3 Å². The molecular weight excluding hydrogens is 356 g/mol. The van der Waals surface area contributed by atoms with E-state index in [0.29, 0.717) is 34.0 Å². The first kappa shape index (κ1) is 16.2. The van der Waals surface area contributed by atoms with Crippen LogP contribution in [0.2, 0.25) is 5.02 Å². The van der Waals surface area contributed by atoms with Crippen LogP contribution in [0.1, 0.15) is 0 Å². The Morgan fingerprint density at radius 3 is 2.81 bits per heavy atom. The maximum absolute atomic E-state index is 12.5. The summed E-state index contributed by atoms with van der Waals surface area (Å²) >= 11 is 6.16. The van der Waals surface area contributed by atoms with Crippen molar-refractivity contribution >= 4 is 22.8 Å². The zero-order valence-corrected chi connectivity index (χ0v) is 14.4. The molecule has 0 aliphatic heterocycles. The van der Waals surface area contributed by atoms with Crippen LogP contribution in [-0.4, -0.2) is 31.7 Å². The number of halogens is 1. The fraction of sp³-hybridized carbons (Fsp3) is 0.0556. The summed E-state index contributed by atoms with van der Waals surface area (Å²) in [6.45, 7) is 0. The van der Waals surface area contributed by atoms with E-state index in [1.165, 1.54) is 23.9 Å². The van der Waals surface area contributed by atoms with Crippen LogP contribution in [0.15, 0.2) is 53.5 Å². The highest BCUT2D eigenvalue weighted by Crippen LogP contribution is 2.33. The van der Waals surface area contributed by atoms with Crippen molar-refractivity contribution in [2.75, 3.05) is 7.11 Å². The highest BCUT2D eigenvalue weighted by molar-refractivity contribution is 6.34. The zero-order chi connectivity index (χ0) is 18.3. The molecule has 2 aromatic heterocycles. The molecule has 26 heavy (non-hydrogen) atoms. The van der Waals surface area contributed by atoms with Crippen LogP contribution >= 0.6 is 11.6 Å². The van der Waals surface area contributed by atoms with Crippen molar-refractivity contribution in [1.29, 1.82) is 0 Å². The number of para-hydroxylation sites is 2. The summed E-state index contributed by atoms with van der Waals surface area (Å²) in [6, 6.07) is 12.0. The number of aromatic amines is 1. The van der Waals surface area contributed by atoms with Gasteiger partial charge in [0, 0.05) is 5.56 Å². The van der Waals surface area contributed by atoms with Gasteiger partial charge in [-0.15, -0.1) is 0 Å². The van der Waals surface area contributed by atoms with Crippen molar-refractivity contribution in [3.05, 3.63) is 64.2 Å². The van der Waals surface area contributed by atoms with E-state index in [2.05, 4.69) is 15.0 Å². The number of methoxy groups -OCH3 is 1. The van der Waals surface area contributed by atoms with E-state index in [1.807, 2.05) is 6.07 Å². The minimum Gasteiger partial charge on any atom is -0.506 e. The van der Waals surface area contributed by atoms with Gasteiger partial charge in [-0.1, -0.05) is 29.8 Å². The van der Waals surface area contributed by atoms with E-state index >= 15 is 0 Å². The number of phenols is 1. The summed E-state index contributed by atoms with van der Waals surface area (Å²) in [5, 5.41) is 9.96. The molecule has 4 rings (SSSR count). The molecule has 0 aliphatic rings. The van der Waals surface area contributed by atoms with Crippen LogP contribution in [0.4, 0.5) is 0 Å². The van der Waals surface area contributed by atoms with Gasteiger partial charge >= 0.3 is 5.69 Å². The molecule has 0 radical (unpaired) electrons. The molecule has 7 nitrogen and oxygen atoms in total. The van der Waals surface area contributed by atoms with Gasteiger partial charge in [-0.2, -0.15) is 0 Å². The van der Waals surface area contributed by atoms with Crippen LogP contribution in [0.25, 0.3) is 28.2 Å². The number of imidazole rings is 1. The van der Waals surface area contributed by atoms with E-state index in [0.717, 1.165) is 0 Å². The molecule has 2 heterocycles. The number of ether oxygens (including phenoxy) is 1. The molecule has 0 fully saturated rings. The van der Waals surface area contributed by atoms with Crippen LogP contribution in [-0.2, 0) is 0 Å². The second kappa shape index (κ2) is 6.20. The second-order valence-corrected chi connectivity index (χ2v) is 5.88. The van der Waals surface area contributed by atoms with Gasteiger partial charge in [0.15, 0.2) is 11.5 Å². The molecule has 0 saturated heterocycles. The molecule has 0 aliphatic carbocycles. The Hall–Kier alpha value is -3.32. The summed E-state index contributed by atoms with van der Waals surface area (Å²) in [6.07, 6.45) is 1.51. The van der Waals surface area contributed by atoms with Gasteiger partial charge in [0.2, 0.25) is 0 Å². The molecule has 130 valence electrons. The molecule has 8 heteroatoms. The molecule has 0 saturated carbocycles. The van der Waals surface area contributed by atoms with Crippen molar-refractivity contribution in [3.8, 4) is 28.6 Å². The maximum atomic E-state index is 12.5. The van der Waals surface area contributed by atoms with Gasteiger partial charge in [-0.3, -0.25) is 0 Å². The number of hydrogen-bond acceptors (Lipinski definition) is 5. The Morgan fingerprint density at radius 1 is 1.19 bits per heavy atom. The van der Waals surface area contributed by atoms with Crippen LogP contribution < -0.4 is 10.4 Å². The van der Waals surface area contributed by atoms with E-state index in [1.54, 1.807) is 30.3 Å². The van der Waals surface area contributed by atoms with E-state index in [-0.39, 0.29) is 16.5 Å². The van der Waals surface area contributed by atoms with E-state index in [9.17, 15) is 9.90 Å². The largest absolute Gasteiger partial charge is 0.506 e. The van der Waals surface area contributed by atoms with Crippen LogP contribution in [0.3, 0.4) is 0 Å². The molecule has 2 N–H and O–H groups in total. The number of fused-ring (bicyclic) bond motifs is 1. The first-order chi connectivity index (χ1) is 12.6. The number of phenolic OH excluding ortho intramolecular Hbond substituents is 1. The predicted molar refractivity (Wildman–Crippen MR) is 98.1 cm³/mol. The molecule has 0 amide bonds. The van der Waals surface area contributed by atoms with Gasteiger partial charge < -0.3 is 14.8 Å². The van der Waals surface area contributed by atoms with Crippen molar-refractivity contribution in [3.63, 3.8) is 0 Å². The highest BCUT2D eigenvalue weighted by Gasteiger charge is 2.17. The molecular formula is C18H13ClN4O3. The quantitative estimate of drug-likeness (QED) is 0.579. The molecule has 2 aromatic carbocycles. The van der Waals surface area contributed by atoms with Crippen molar-refractivity contribution in [2.24, 2.45) is 0 Å². The van der Waals surface area contributed by atoms with Crippen molar-refractivity contribution in [1.82, 2.24) is 19.5 Å². The van der Waals surface area contributed by atoms with Crippen molar-refractivity contribution < 1.29 is 9.84 Å². The monoisotopic (exact) mass is 368 g/mol. The van der Waals surface area contributed by atoms with Crippen LogP contribution in [0, 0.1) is 0 Å². The first-order valence-electron chi connectivity index (χ1n) is 7.69. The topological polar surface area (TPSA) is 93.0 Å². The standard InChI is InChI=1S/C18H13ClN4O3/c1-26-14-8-3-2-6-12(14)23-17-11(21-18(23)25)9-20-16(22-17)10-5-4-7-13(24)15(10)19/h2-9,24H,1H3,(H,21,25). The lowest BCUT2D eigenvalue weighted by molar-refractivity contribution is 0.413. The highest BCUT2D eigenvalue weighted by atomic mass is 35.5. The summed E-state index contributed by atoms with van der Waals surface area (Å²) in [5.74, 6) is 0.760. The molecule has 0 spiro atoms. The second-order valence-electron chi connectivity index (χ2n) is 5.51. The molecule has 0 unspecified atom stereocenters. The summed E-state index contributed by atoms with van der Waals surface area (Å²) < 4.78 is 6.76. The third-order valence-electron chi connectivity index (χ3n) is 3.97. The third kappa shape index (κ3) is 2.49. The Bertz CT molecular complexity index is 1180. The fourth-order valence-electron chi connectivity index (χ4n) is 2.76. The lowest BCUT2D eigenvalue weighted by Crippen LogP contribution is -2.15. The summed E-state index contributed by atoms with van der Waals surface area (Å²) in [4.78, 5) is 24.0. The van der Waals surface area contributed by atoms with Gasteiger partial charge in [0.05, 0.1) is 24.0 Å². The van der Waals surface area contributed by atoms with Gasteiger partial charge in [0.1, 0.15) is 17.0 Å². The van der Waals surface area contributed by atoms with Gasteiger partial charge in [0.25, 0.3) is 0 Å². The number of aromatic hydroxyl groups is 1. The number of H-pyrrole nitrogens is 1. The average Bonchev–Trinajstić information content (AvgIpc) is 2.98. The molecule has 4 aromatic rings. The molecule has 0 bridgehead atoms. The third-order valence-corrected chi connectivity index (χ3v) is 4.37. The van der Waals surface area contributed by atoms with Crippen LogP contribution in [0.5, 0.6) is 11.5 Å². The predicted octanol–water partition coefficient (Wildman–Crippen LogP) is 3.14. The van der Waals surface area contributed by atoms with Crippen molar-refractivity contribution in [2.45, 2.75) is 0 Å². The number of benzene rings is 2. The number of rotatable bonds is 3. The SMILES string of the molecule is COc1ccccc1-n1c(=O)[nH]c2cnc(-c3cccc(O)c3Cl)nc21.